The van der Waals surface area contributed by atoms with Crippen molar-refractivity contribution < 1.29 is 0 Å². The Morgan fingerprint density at radius 2 is 1.90 bits per heavy atom. The normalized spacial score (nSPS) is 9.90. The maximum Gasteiger partial charge on any atom is 0.224 e. The van der Waals surface area contributed by atoms with E-state index in [0.29, 0.717) is 5.82 Å². The highest BCUT2D eigenvalue weighted by Crippen LogP contribution is 1.84. The van der Waals surface area contributed by atoms with Gasteiger partial charge in [-0.3, -0.25) is 5.41 Å². The monoisotopic (exact) mass is 138 g/mol. The number of rotatable bonds is 0. The zero-order chi connectivity index (χ0) is 7.72. The number of hydrogen-bond acceptors (Lipinski definition) is 3. The van der Waals surface area contributed by atoms with Gasteiger partial charge < -0.3 is 4.57 Å². The molecule has 4 heteroatoms. The molecule has 0 aromatic carbocycles. The van der Waals surface area contributed by atoms with Crippen molar-refractivity contribution in [1.82, 2.24) is 14.5 Å². The minimum absolute atomic E-state index is 0.255. The maximum atomic E-state index is 7.31. The van der Waals surface area contributed by atoms with Crippen molar-refractivity contribution in [2.45, 2.75) is 13.8 Å². The van der Waals surface area contributed by atoms with E-state index in [1.54, 1.807) is 18.5 Å². The molecule has 10 heavy (non-hydrogen) atoms. The molecule has 0 aliphatic heterocycles. The Morgan fingerprint density at radius 1 is 1.30 bits per heavy atom. The Morgan fingerprint density at radius 3 is 2.40 bits per heavy atom. The highest BCUT2D eigenvalue weighted by molar-refractivity contribution is 4.86. The molecule has 1 aromatic heterocycles. The van der Waals surface area contributed by atoms with Crippen molar-refractivity contribution in [3.63, 3.8) is 0 Å². The van der Waals surface area contributed by atoms with E-state index in [1.807, 2.05) is 6.92 Å². The summed E-state index contributed by atoms with van der Waals surface area (Å²) in [6, 6.07) is 0. The third kappa shape index (κ3) is 1.05. The molecular formula is C6H10N4. The van der Waals surface area contributed by atoms with E-state index in [2.05, 4.69) is 9.97 Å². The molecule has 0 unspecified atom stereocenters. The van der Waals surface area contributed by atoms with E-state index in [-0.39, 0.29) is 5.62 Å². The van der Waals surface area contributed by atoms with Crippen LogP contribution in [0.15, 0.2) is 0 Å². The summed E-state index contributed by atoms with van der Waals surface area (Å²) >= 11 is 0. The lowest BCUT2D eigenvalue weighted by Gasteiger charge is -2.01. The predicted octanol–water partition coefficient (Wildman–Crippen LogP) is -0.0886. The number of nitrogens with zero attached hydrogens (tertiary/aromatic N) is 3. The van der Waals surface area contributed by atoms with Gasteiger partial charge in [-0.1, -0.05) is 0 Å². The highest BCUT2D eigenvalue weighted by Gasteiger charge is 1.94. The average molecular weight is 138 g/mol. The van der Waals surface area contributed by atoms with Crippen LogP contribution in [0.25, 0.3) is 0 Å². The number of aryl methyl sites for hydroxylation is 2. The summed E-state index contributed by atoms with van der Waals surface area (Å²) in [5.74, 6) is 1.47. The quantitative estimate of drug-likeness (QED) is 0.544. The molecule has 1 heterocycles. The Bertz CT molecular complexity index is 299. The zero-order valence-corrected chi connectivity index (χ0v) is 6.34. The van der Waals surface area contributed by atoms with E-state index in [0.717, 1.165) is 5.82 Å². The third-order valence-electron chi connectivity index (χ3n) is 1.39. The van der Waals surface area contributed by atoms with Crippen LogP contribution in [-0.4, -0.2) is 14.5 Å². The highest BCUT2D eigenvalue weighted by atomic mass is 15.1. The molecular weight excluding hydrogens is 128 g/mol. The van der Waals surface area contributed by atoms with Crippen LogP contribution in [0.5, 0.6) is 0 Å². The average Bonchev–Trinajstić information content (AvgIpc) is 1.82. The molecule has 0 aliphatic carbocycles. The van der Waals surface area contributed by atoms with Crippen LogP contribution in [0.3, 0.4) is 0 Å². The first-order chi connectivity index (χ1) is 4.61. The van der Waals surface area contributed by atoms with E-state index in [4.69, 9.17) is 5.41 Å². The van der Waals surface area contributed by atoms with Crippen molar-refractivity contribution in [3.8, 4) is 0 Å². The van der Waals surface area contributed by atoms with Crippen molar-refractivity contribution in [2.24, 2.45) is 7.05 Å². The van der Waals surface area contributed by atoms with Crippen LogP contribution >= 0.6 is 0 Å². The van der Waals surface area contributed by atoms with Gasteiger partial charge in [-0.15, -0.1) is 0 Å². The lowest BCUT2D eigenvalue weighted by molar-refractivity contribution is 0.680. The second-order valence-electron chi connectivity index (χ2n) is 2.20. The third-order valence-corrected chi connectivity index (χ3v) is 1.39. The molecule has 0 amide bonds. The SMILES string of the molecule is Cc1nc(C)n(C)c(=N)n1. The predicted molar refractivity (Wildman–Crippen MR) is 36.3 cm³/mol. The number of hydrogen-bond donors (Lipinski definition) is 1. The fourth-order valence-electron chi connectivity index (χ4n) is 0.716. The summed E-state index contributed by atoms with van der Waals surface area (Å²) in [5, 5.41) is 7.31. The van der Waals surface area contributed by atoms with Gasteiger partial charge in [-0.05, 0) is 13.8 Å². The molecule has 4 nitrogen and oxygen atoms in total. The fourth-order valence-corrected chi connectivity index (χ4v) is 0.716. The van der Waals surface area contributed by atoms with Crippen LogP contribution in [0.4, 0.5) is 0 Å². The summed E-state index contributed by atoms with van der Waals surface area (Å²) < 4.78 is 1.63. The van der Waals surface area contributed by atoms with Crippen LogP contribution in [0.2, 0.25) is 0 Å². The van der Waals surface area contributed by atoms with Crippen LogP contribution < -0.4 is 5.62 Å². The van der Waals surface area contributed by atoms with Gasteiger partial charge in [0.15, 0.2) is 0 Å². The molecule has 0 radical (unpaired) electrons. The summed E-state index contributed by atoms with van der Waals surface area (Å²) in [5.41, 5.74) is 0.255. The van der Waals surface area contributed by atoms with Gasteiger partial charge in [-0.25, -0.2) is 4.98 Å². The Hall–Kier alpha value is -1.19. The topological polar surface area (TPSA) is 54.6 Å². The summed E-state index contributed by atoms with van der Waals surface area (Å²) in [6.45, 7) is 3.64. The first kappa shape index (κ1) is 6.92. The first-order valence-corrected chi connectivity index (χ1v) is 3.04. The Labute approximate surface area is 59.1 Å². The summed E-state index contributed by atoms with van der Waals surface area (Å²) in [4.78, 5) is 7.92. The molecule has 0 spiro atoms. The summed E-state index contributed by atoms with van der Waals surface area (Å²) in [7, 11) is 1.77. The van der Waals surface area contributed by atoms with E-state index < -0.39 is 0 Å². The molecule has 0 bridgehead atoms. The van der Waals surface area contributed by atoms with Crippen LogP contribution in [0.1, 0.15) is 11.6 Å². The van der Waals surface area contributed by atoms with Crippen molar-refractivity contribution >= 4 is 0 Å². The molecule has 0 atom stereocenters. The molecule has 1 rings (SSSR count). The van der Waals surface area contributed by atoms with Gasteiger partial charge in [-0.2, -0.15) is 4.98 Å². The Balaban J connectivity index is 3.46. The van der Waals surface area contributed by atoms with Crippen molar-refractivity contribution in [1.29, 1.82) is 5.41 Å². The minimum Gasteiger partial charge on any atom is -0.302 e. The molecule has 0 fully saturated rings. The van der Waals surface area contributed by atoms with Gasteiger partial charge in [0.05, 0.1) is 0 Å². The standard InChI is InChI=1S/C6H10N4/c1-4-8-5(2)10(3)6(7)9-4/h7H,1-3H3. The smallest absolute Gasteiger partial charge is 0.224 e. The van der Waals surface area contributed by atoms with Crippen molar-refractivity contribution in [3.05, 3.63) is 17.3 Å². The second kappa shape index (κ2) is 2.21. The van der Waals surface area contributed by atoms with Crippen LogP contribution in [0, 0.1) is 19.3 Å². The molecule has 54 valence electrons. The van der Waals surface area contributed by atoms with Gasteiger partial charge in [0.25, 0.3) is 0 Å². The van der Waals surface area contributed by atoms with Gasteiger partial charge in [0, 0.05) is 7.05 Å². The van der Waals surface area contributed by atoms with Gasteiger partial charge in [0.2, 0.25) is 5.62 Å². The van der Waals surface area contributed by atoms with Crippen LogP contribution in [-0.2, 0) is 7.05 Å². The molecule has 0 saturated carbocycles. The number of nitrogens with one attached hydrogen (secondary N) is 1. The van der Waals surface area contributed by atoms with Gasteiger partial charge in [0.1, 0.15) is 11.6 Å². The van der Waals surface area contributed by atoms with E-state index in [1.165, 1.54) is 0 Å². The molecule has 0 aliphatic rings. The fraction of sp³-hybridized carbons (Fsp3) is 0.500. The minimum atomic E-state index is 0.255. The molecule has 0 saturated heterocycles. The lowest BCUT2D eigenvalue weighted by atomic mass is 10.6. The van der Waals surface area contributed by atoms with E-state index >= 15 is 0 Å². The molecule has 1 N–H and O–H groups in total. The summed E-state index contributed by atoms with van der Waals surface area (Å²) in [6.07, 6.45) is 0. The van der Waals surface area contributed by atoms with Crippen molar-refractivity contribution in [2.75, 3.05) is 0 Å². The second-order valence-corrected chi connectivity index (χ2v) is 2.20. The zero-order valence-electron chi connectivity index (χ0n) is 6.34. The Kier molecular flexibility index (Phi) is 1.53. The largest absolute Gasteiger partial charge is 0.302 e. The first-order valence-electron chi connectivity index (χ1n) is 3.04. The number of aromatic nitrogens is 3. The van der Waals surface area contributed by atoms with Gasteiger partial charge >= 0.3 is 0 Å². The van der Waals surface area contributed by atoms with E-state index in [9.17, 15) is 0 Å². The maximum absolute atomic E-state index is 7.31. The molecule has 1 aromatic rings. The lowest BCUT2D eigenvalue weighted by Crippen LogP contribution is -2.24.